The molecule has 6 nitrogen and oxygen atoms in total. The molecular formula is C26H24N2O4. The fourth-order valence-electron chi connectivity index (χ4n) is 4.00. The number of fused-ring (bicyclic) bond motifs is 2. The molecule has 0 aliphatic rings. The van der Waals surface area contributed by atoms with Crippen molar-refractivity contribution < 1.29 is 19.8 Å². The summed E-state index contributed by atoms with van der Waals surface area (Å²) in [7, 11) is 0. The average molecular weight is 428 g/mol. The molecular weight excluding hydrogens is 404 g/mol. The lowest BCUT2D eigenvalue weighted by Crippen LogP contribution is -2.44. The Morgan fingerprint density at radius 1 is 0.594 bits per heavy atom. The van der Waals surface area contributed by atoms with E-state index in [1.165, 1.54) is 0 Å². The van der Waals surface area contributed by atoms with E-state index in [0.717, 1.165) is 32.7 Å². The van der Waals surface area contributed by atoms with E-state index in [1.54, 1.807) is 0 Å². The lowest BCUT2D eigenvalue weighted by molar-refractivity contribution is -0.140. The molecule has 0 spiro atoms. The molecule has 0 aromatic heterocycles. The van der Waals surface area contributed by atoms with Crippen LogP contribution in [0.15, 0.2) is 84.9 Å². The van der Waals surface area contributed by atoms with Crippen molar-refractivity contribution in [2.75, 3.05) is 13.2 Å². The number of carbonyl (C=O) groups excluding carboxylic acids is 2. The van der Waals surface area contributed by atoms with Crippen LogP contribution in [-0.4, -0.2) is 35.2 Å². The van der Waals surface area contributed by atoms with Gasteiger partial charge in [-0.3, -0.25) is 9.59 Å². The number of aliphatic hydroxyl groups is 2. The Hall–Kier alpha value is -3.74. The molecule has 0 bridgehead atoms. The van der Waals surface area contributed by atoms with Crippen LogP contribution >= 0.6 is 0 Å². The molecule has 4 N–H and O–H groups in total. The highest BCUT2D eigenvalue weighted by molar-refractivity contribution is 6.35. The average Bonchev–Trinajstić information content (AvgIpc) is 2.85. The van der Waals surface area contributed by atoms with Gasteiger partial charge in [0.05, 0.1) is 25.3 Å². The minimum absolute atomic E-state index is 0.361. The summed E-state index contributed by atoms with van der Waals surface area (Å²) in [5.74, 6) is -1.76. The number of hydrogen-bond acceptors (Lipinski definition) is 4. The molecule has 0 fully saturated rings. The van der Waals surface area contributed by atoms with Gasteiger partial charge in [0.2, 0.25) is 0 Å². The van der Waals surface area contributed by atoms with E-state index in [2.05, 4.69) is 10.6 Å². The van der Waals surface area contributed by atoms with Gasteiger partial charge in [-0.25, -0.2) is 0 Å². The second-order valence-corrected chi connectivity index (χ2v) is 7.55. The summed E-state index contributed by atoms with van der Waals surface area (Å²) in [5, 5.41) is 28.8. The van der Waals surface area contributed by atoms with E-state index in [1.807, 2.05) is 84.9 Å². The highest BCUT2D eigenvalue weighted by Gasteiger charge is 2.24. The summed E-state index contributed by atoms with van der Waals surface area (Å²) in [4.78, 5) is 25.3. The molecule has 4 aromatic rings. The Labute approximate surface area is 185 Å². The number of nitrogens with one attached hydrogen (secondary N) is 2. The SMILES string of the molecule is O=C(NC(CO)c1cccc2ccccc12)C(=O)NC(CO)c1cccc2ccccc12. The quantitative estimate of drug-likeness (QED) is 0.355. The van der Waals surface area contributed by atoms with Gasteiger partial charge in [0.25, 0.3) is 0 Å². The summed E-state index contributed by atoms with van der Waals surface area (Å²) in [6, 6.07) is 25.0. The Kier molecular flexibility index (Phi) is 6.44. The minimum atomic E-state index is -0.879. The number of aliphatic hydroxyl groups excluding tert-OH is 2. The van der Waals surface area contributed by atoms with Gasteiger partial charge in [-0.1, -0.05) is 84.9 Å². The van der Waals surface area contributed by atoms with Gasteiger partial charge in [0.15, 0.2) is 0 Å². The molecule has 0 aliphatic heterocycles. The van der Waals surface area contributed by atoms with Crippen LogP contribution in [0.2, 0.25) is 0 Å². The number of hydrogen-bond donors (Lipinski definition) is 4. The molecule has 4 aromatic carbocycles. The smallest absolute Gasteiger partial charge is 0.309 e. The van der Waals surface area contributed by atoms with E-state index in [9.17, 15) is 19.8 Å². The predicted molar refractivity (Wildman–Crippen MR) is 124 cm³/mol. The summed E-state index contributed by atoms with van der Waals surface area (Å²) < 4.78 is 0. The number of amides is 2. The molecule has 0 heterocycles. The third-order valence-electron chi connectivity index (χ3n) is 5.58. The maximum atomic E-state index is 12.7. The summed E-state index contributed by atoms with van der Waals surface area (Å²) >= 11 is 0. The van der Waals surface area contributed by atoms with Gasteiger partial charge < -0.3 is 20.8 Å². The number of benzene rings is 4. The van der Waals surface area contributed by atoms with E-state index < -0.39 is 23.9 Å². The second kappa shape index (κ2) is 9.60. The third-order valence-corrected chi connectivity index (χ3v) is 5.58. The van der Waals surface area contributed by atoms with Crippen LogP contribution in [0.3, 0.4) is 0 Å². The van der Waals surface area contributed by atoms with Crippen molar-refractivity contribution in [2.45, 2.75) is 12.1 Å². The first-order valence-corrected chi connectivity index (χ1v) is 10.4. The zero-order chi connectivity index (χ0) is 22.5. The summed E-state index contributed by atoms with van der Waals surface area (Å²) in [5.41, 5.74) is 1.44. The van der Waals surface area contributed by atoms with E-state index in [0.29, 0.717) is 0 Å². The molecule has 2 amide bonds. The molecule has 0 saturated heterocycles. The Morgan fingerprint density at radius 3 is 1.38 bits per heavy atom. The number of rotatable bonds is 6. The van der Waals surface area contributed by atoms with Gasteiger partial charge >= 0.3 is 11.8 Å². The maximum Gasteiger partial charge on any atom is 0.309 e. The maximum absolute atomic E-state index is 12.7. The van der Waals surface area contributed by atoms with E-state index >= 15 is 0 Å². The first-order valence-electron chi connectivity index (χ1n) is 10.4. The standard InChI is InChI=1S/C26H24N2O4/c29-15-23(21-13-5-9-17-7-1-3-11-19(17)21)27-25(31)26(32)28-24(16-30)22-14-6-10-18-8-2-4-12-20(18)22/h1-14,23-24,29-30H,15-16H2,(H,27,31)(H,28,32). The minimum Gasteiger partial charge on any atom is -0.394 e. The van der Waals surface area contributed by atoms with Crippen LogP contribution in [0, 0.1) is 0 Å². The second-order valence-electron chi connectivity index (χ2n) is 7.55. The molecule has 6 heteroatoms. The van der Waals surface area contributed by atoms with Crippen LogP contribution in [0.4, 0.5) is 0 Å². The van der Waals surface area contributed by atoms with Crippen LogP contribution in [0.5, 0.6) is 0 Å². The van der Waals surface area contributed by atoms with Gasteiger partial charge in [-0.2, -0.15) is 0 Å². The lowest BCUT2D eigenvalue weighted by Gasteiger charge is -2.21. The van der Waals surface area contributed by atoms with Gasteiger partial charge in [0, 0.05) is 0 Å². The fourth-order valence-corrected chi connectivity index (χ4v) is 4.00. The van der Waals surface area contributed by atoms with Crippen molar-refractivity contribution in [1.29, 1.82) is 0 Å². The molecule has 4 rings (SSSR count). The van der Waals surface area contributed by atoms with Crippen molar-refractivity contribution in [3.63, 3.8) is 0 Å². The van der Waals surface area contributed by atoms with E-state index in [4.69, 9.17) is 0 Å². The van der Waals surface area contributed by atoms with Crippen molar-refractivity contribution in [3.8, 4) is 0 Å². The lowest BCUT2D eigenvalue weighted by atomic mass is 9.98. The van der Waals surface area contributed by atoms with Crippen molar-refractivity contribution in [1.82, 2.24) is 10.6 Å². The Morgan fingerprint density at radius 2 is 0.969 bits per heavy atom. The van der Waals surface area contributed by atoms with Crippen molar-refractivity contribution >= 4 is 33.4 Å². The van der Waals surface area contributed by atoms with Gasteiger partial charge in [-0.15, -0.1) is 0 Å². The number of carbonyl (C=O) groups is 2. The van der Waals surface area contributed by atoms with Crippen LogP contribution in [-0.2, 0) is 9.59 Å². The molecule has 2 unspecified atom stereocenters. The molecule has 2 atom stereocenters. The van der Waals surface area contributed by atoms with E-state index in [-0.39, 0.29) is 13.2 Å². The first kappa shape index (κ1) is 21.5. The van der Waals surface area contributed by atoms with Crippen molar-refractivity contribution in [3.05, 3.63) is 96.1 Å². The Balaban J connectivity index is 1.53. The topological polar surface area (TPSA) is 98.7 Å². The predicted octanol–water partition coefficient (Wildman–Crippen LogP) is 2.99. The largest absolute Gasteiger partial charge is 0.394 e. The molecule has 0 saturated carbocycles. The first-order chi connectivity index (χ1) is 15.6. The molecule has 0 radical (unpaired) electrons. The highest BCUT2D eigenvalue weighted by atomic mass is 16.3. The van der Waals surface area contributed by atoms with Gasteiger partial charge in [0.1, 0.15) is 0 Å². The molecule has 0 aliphatic carbocycles. The Bertz CT molecular complexity index is 1160. The van der Waals surface area contributed by atoms with Crippen LogP contribution in [0.25, 0.3) is 21.5 Å². The molecule has 32 heavy (non-hydrogen) atoms. The zero-order valence-electron chi connectivity index (χ0n) is 17.4. The third kappa shape index (κ3) is 4.32. The molecule has 162 valence electrons. The van der Waals surface area contributed by atoms with Crippen LogP contribution < -0.4 is 10.6 Å². The monoisotopic (exact) mass is 428 g/mol. The highest BCUT2D eigenvalue weighted by Crippen LogP contribution is 2.25. The summed E-state index contributed by atoms with van der Waals surface area (Å²) in [6.07, 6.45) is 0. The summed E-state index contributed by atoms with van der Waals surface area (Å²) in [6.45, 7) is -0.723. The van der Waals surface area contributed by atoms with Gasteiger partial charge in [-0.05, 0) is 32.7 Å². The normalized spacial score (nSPS) is 12.9. The fraction of sp³-hybridized carbons (Fsp3) is 0.154. The van der Waals surface area contributed by atoms with Crippen molar-refractivity contribution in [2.24, 2.45) is 0 Å². The van der Waals surface area contributed by atoms with Crippen LogP contribution in [0.1, 0.15) is 23.2 Å². The zero-order valence-corrected chi connectivity index (χ0v) is 17.4.